The molecule has 0 aromatic carbocycles. The number of hydrogen-bond donors (Lipinski definition) is 0. The fraction of sp³-hybridized carbons (Fsp3) is 0.917. The highest BCUT2D eigenvalue weighted by Crippen LogP contribution is 2.11. The molecule has 0 saturated carbocycles. The zero-order chi connectivity index (χ0) is 10.9. The number of nitrogens with zero attached hydrogens (tertiary/aromatic N) is 1. The summed E-state index contributed by atoms with van der Waals surface area (Å²) in [7, 11) is 0. The first-order valence-corrected chi connectivity index (χ1v) is 6.20. The molecule has 0 bridgehead atoms. The van der Waals surface area contributed by atoms with E-state index in [4.69, 9.17) is 4.74 Å². The first kappa shape index (κ1) is 12.5. The summed E-state index contributed by atoms with van der Waals surface area (Å²) in [5.74, 6) is 0.316. The van der Waals surface area contributed by atoms with E-state index >= 15 is 0 Å². The van der Waals surface area contributed by atoms with Crippen LogP contribution in [0.3, 0.4) is 0 Å². The number of hydrogen-bond acceptors (Lipinski definition) is 2. The number of carbonyl (C=O) groups is 1. The molecule has 15 heavy (non-hydrogen) atoms. The molecule has 0 atom stereocenters. The lowest BCUT2D eigenvalue weighted by Crippen LogP contribution is -2.31. The van der Waals surface area contributed by atoms with Crippen molar-refractivity contribution in [2.24, 2.45) is 0 Å². The van der Waals surface area contributed by atoms with E-state index in [1.807, 2.05) is 11.8 Å². The van der Waals surface area contributed by atoms with Gasteiger partial charge in [0.15, 0.2) is 0 Å². The molecule has 0 spiro atoms. The van der Waals surface area contributed by atoms with Crippen molar-refractivity contribution < 1.29 is 9.53 Å². The molecule has 1 saturated heterocycles. The van der Waals surface area contributed by atoms with Crippen molar-refractivity contribution in [1.29, 1.82) is 0 Å². The number of rotatable bonds is 5. The van der Waals surface area contributed by atoms with Crippen LogP contribution in [-0.2, 0) is 9.53 Å². The molecule has 1 heterocycles. The van der Waals surface area contributed by atoms with Gasteiger partial charge in [0.2, 0.25) is 5.91 Å². The summed E-state index contributed by atoms with van der Waals surface area (Å²) >= 11 is 0. The number of likely N-dealkylation sites (tertiary alicyclic amines) is 1. The number of carbonyl (C=O) groups excluding carboxylic acids is 1. The van der Waals surface area contributed by atoms with Crippen LogP contribution in [0.4, 0.5) is 0 Å². The fourth-order valence-electron chi connectivity index (χ4n) is 1.95. The molecule has 1 amide bonds. The van der Waals surface area contributed by atoms with E-state index in [-0.39, 0.29) is 0 Å². The molecule has 88 valence electrons. The topological polar surface area (TPSA) is 29.5 Å². The second kappa shape index (κ2) is 7.69. The zero-order valence-electron chi connectivity index (χ0n) is 9.83. The van der Waals surface area contributed by atoms with E-state index in [1.165, 1.54) is 25.7 Å². The predicted octanol–water partition coefficient (Wildman–Crippen LogP) is 2.21. The van der Waals surface area contributed by atoms with Gasteiger partial charge in [-0.25, -0.2) is 0 Å². The average molecular weight is 213 g/mol. The van der Waals surface area contributed by atoms with Crippen LogP contribution in [0.1, 0.15) is 45.4 Å². The van der Waals surface area contributed by atoms with Crippen molar-refractivity contribution in [1.82, 2.24) is 4.90 Å². The van der Waals surface area contributed by atoms with Gasteiger partial charge in [0, 0.05) is 32.7 Å². The van der Waals surface area contributed by atoms with E-state index in [0.717, 1.165) is 32.7 Å². The Hall–Kier alpha value is -0.570. The van der Waals surface area contributed by atoms with Gasteiger partial charge in [0.05, 0.1) is 0 Å². The van der Waals surface area contributed by atoms with Gasteiger partial charge in [-0.1, -0.05) is 12.8 Å². The van der Waals surface area contributed by atoms with Crippen LogP contribution in [0.5, 0.6) is 0 Å². The van der Waals surface area contributed by atoms with Crippen LogP contribution in [0.2, 0.25) is 0 Å². The van der Waals surface area contributed by atoms with Crippen LogP contribution in [0.15, 0.2) is 0 Å². The third kappa shape index (κ3) is 5.17. The summed E-state index contributed by atoms with van der Waals surface area (Å²) in [5, 5.41) is 0. The lowest BCUT2D eigenvalue weighted by Gasteiger charge is -2.20. The molecule has 0 aliphatic carbocycles. The Morgan fingerprint density at radius 1 is 1.20 bits per heavy atom. The predicted molar refractivity (Wildman–Crippen MR) is 60.8 cm³/mol. The molecular weight excluding hydrogens is 190 g/mol. The Labute approximate surface area is 92.8 Å². The van der Waals surface area contributed by atoms with E-state index < -0.39 is 0 Å². The summed E-state index contributed by atoms with van der Waals surface area (Å²) in [6.07, 6.45) is 6.43. The maximum Gasteiger partial charge on any atom is 0.222 e. The zero-order valence-corrected chi connectivity index (χ0v) is 9.83. The van der Waals surface area contributed by atoms with Gasteiger partial charge >= 0.3 is 0 Å². The maximum atomic E-state index is 11.8. The Morgan fingerprint density at radius 2 is 1.87 bits per heavy atom. The summed E-state index contributed by atoms with van der Waals surface area (Å²) in [6.45, 7) is 5.38. The molecule has 0 unspecified atom stereocenters. The number of ether oxygens (including phenoxy) is 1. The largest absolute Gasteiger partial charge is 0.382 e. The van der Waals surface area contributed by atoms with Crippen molar-refractivity contribution in [2.75, 3.05) is 26.3 Å². The third-order valence-electron chi connectivity index (χ3n) is 2.84. The Morgan fingerprint density at radius 3 is 2.47 bits per heavy atom. The van der Waals surface area contributed by atoms with E-state index in [1.54, 1.807) is 0 Å². The van der Waals surface area contributed by atoms with Crippen molar-refractivity contribution in [3.8, 4) is 0 Å². The molecule has 3 heteroatoms. The molecule has 3 nitrogen and oxygen atoms in total. The van der Waals surface area contributed by atoms with Gasteiger partial charge in [-0.3, -0.25) is 4.79 Å². The van der Waals surface area contributed by atoms with Gasteiger partial charge in [0.1, 0.15) is 0 Å². The fourth-order valence-corrected chi connectivity index (χ4v) is 1.95. The van der Waals surface area contributed by atoms with Crippen molar-refractivity contribution in [3.63, 3.8) is 0 Å². The summed E-state index contributed by atoms with van der Waals surface area (Å²) in [5.41, 5.74) is 0. The number of amides is 1. The Balaban J connectivity index is 2.14. The second-order valence-electron chi connectivity index (χ2n) is 4.10. The van der Waals surface area contributed by atoms with E-state index in [0.29, 0.717) is 12.3 Å². The van der Waals surface area contributed by atoms with Gasteiger partial charge in [-0.2, -0.15) is 0 Å². The first-order chi connectivity index (χ1) is 7.34. The highest BCUT2D eigenvalue weighted by Gasteiger charge is 2.14. The summed E-state index contributed by atoms with van der Waals surface area (Å²) < 4.78 is 5.23. The summed E-state index contributed by atoms with van der Waals surface area (Å²) in [6, 6.07) is 0. The van der Waals surface area contributed by atoms with Crippen LogP contribution in [0.25, 0.3) is 0 Å². The Bertz CT molecular complexity index is 174. The quantitative estimate of drug-likeness (QED) is 0.655. The van der Waals surface area contributed by atoms with Gasteiger partial charge < -0.3 is 9.64 Å². The first-order valence-electron chi connectivity index (χ1n) is 6.20. The van der Waals surface area contributed by atoms with Gasteiger partial charge in [-0.15, -0.1) is 0 Å². The minimum atomic E-state index is 0.316. The van der Waals surface area contributed by atoms with Crippen LogP contribution in [0, 0.1) is 0 Å². The minimum Gasteiger partial charge on any atom is -0.382 e. The minimum absolute atomic E-state index is 0.316. The molecule has 1 aliphatic heterocycles. The van der Waals surface area contributed by atoms with E-state index in [2.05, 4.69) is 0 Å². The maximum absolute atomic E-state index is 11.8. The molecule has 0 radical (unpaired) electrons. The molecule has 0 N–H and O–H groups in total. The standard InChI is InChI=1S/C12H23NO2/c1-2-15-11-7-8-12(14)13-9-5-3-4-6-10-13/h2-11H2,1H3. The monoisotopic (exact) mass is 213 g/mol. The Kier molecular flexibility index (Phi) is 6.41. The van der Waals surface area contributed by atoms with Gasteiger partial charge in [-0.05, 0) is 26.2 Å². The van der Waals surface area contributed by atoms with Crippen LogP contribution in [-0.4, -0.2) is 37.1 Å². The molecule has 0 aromatic heterocycles. The molecule has 1 aliphatic rings. The lowest BCUT2D eigenvalue weighted by atomic mass is 10.2. The highest BCUT2D eigenvalue weighted by atomic mass is 16.5. The van der Waals surface area contributed by atoms with Crippen LogP contribution < -0.4 is 0 Å². The average Bonchev–Trinajstić information content (AvgIpc) is 2.52. The van der Waals surface area contributed by atoms with Crippen molar-refractivity contribution >= 4 is 5.91 Å². The molecule has 1 fully saturated rings. The molecule has 0 aromatic rings. The summed E-state index contributed by atoms with van der Waals surface area (Å²) in [4.78, 5) is 13.8. The van der Waals surface area contributed by atoms with Gasteiger partial charge in [0.25, 0.3) is 0 Å². The normalized spacial score (nSPS) is 17.5. The SMILES string of the molecule is CCOCCCC(=O)N1CCCCCC1. The molecule has 1 rings (SSSR count). The van der Waals surface area contributed by atoms with Crippen molar-refractivity contribution in [2.45, 2.75) is 45.4 Å². The smallest absolute Gasteiger partial charge is 0.222 e. The third-order valence-corrected chi connectivity index (χ3v) is 2.84. The molecular formula is C12H23NO2. The van der Waals surface area contributed by atoms with E-state index in [9.17, 15) is 4.79 Å². The second-order valence-corrected chi connectivity index (χ2v) is 4.10. The lowest BCUT2D eigenvalue weighted by molar-refractivity contribution is -0.131. The van der Waals surface area contributed by atoms with Crippen molar-refractivity contribution in [3.05, 3.63) is 0 Å². The van der Waals surface area contributed by atoms with Crippen LogP contribution >= 0.6 is 0 Å². The highest BCUT2D eigenvalue weighted by molar-refractivity contribution is 5.76.